The van der Waals surface area contributed by atoms with Gasteiger partial charge in [0.05, 0.1) is 17.2 Å². The third-order valence-corrected chi connectivity index (χ3v) is 6.68. The van der Waals surface area contributed by atoms with Crippen LogP contribution in [0.3, 0.4) is 0 Å². The molecule has 0 aliphatic heterocycles. The maximum absolute atomic E-state index is 13.1. The molecule has 0 atom stereocenters. The molecule has 0 aromatic heterocycles. The van der Waals surface area contributed by atoms with E-state index in [1.165, 1.54) is 12.1 Å². The van der Waals surface area contributed by atoms with Gasteiger partial charge in [-0.15, -0.1) is 0 Å². The minimum absolute atomic E-state index is 0.0137. The van der Waals surface area contributed by atoms with Crippen LogP contribution in [-0.2, 0) is 10.0 Å². The average Bonchev–Trinajstić information content (AvgIpc) is 3.60. The number of hydrogen-bond acceptors (Lipinski definition) is 5. The lowest BCUT2D eigenvalue weighted by Gasteiger charge is -2.14. The van der Waals surface area contributed by atoms with Gasteiger partial charge in [0.25, 0.3) is 5.91 Å². The molecule has 172 valence electrons. The summed E-state index contributed by atoms with van der Waals surface area (Å²) in [5.41, 5.74) is 1.42. The normalized spacial score (nSPS) is 13.4. The highest BCUT2D eigenvalue weighted by atomic mass is 32.2. The second-order valence-electron chi connectivity index (χ2n) is 7.83. The van der Waals surface area contributed by atoms with Gasteiger partial charge in [-0.3, -0.25) is 4.79 Å². The second kappa shape index (κ2) is 9.64. The molecule has 1 fully saturated rings. The predicted octanol–water partition coefficient (Wildman–Crippen LogP) is 4.88. The van der Waals surface area contributed by atoms with Crippen molar-refractivity contribution >= 4 is 21.6 Å². The maximum atomic E-state index is 13.1. The number of ether oxygens (including phenoxy) is 2. The van der Waals surface area contributed by atoms with Gasteiger partial charge >= 0.3 is 0 Å². The molecule has 2 N–H and O–H groups in total. The van der Waals surface area contributed by atoms with Crippen LogP contribution in [0.1, 0.15) is 35.7 Å². The topological polar surface area (TPSA) is 93.7 Å². The standard InChI is InChI=1S/C25H26N2O5S/c1-3-31-19-11-13-20(14-12-19)32-24-7-5-4-6-23(24)26-25(28)22-16-21(15-8-17(22)2)33(29,30)27-18-9-10-18/h4-8,11-16,18,27H,3,9-10H2,1-2H3,(H,26,28). The highest BCUT2D eigenvalue weighted by Gasteiger charge is 2.28. The van der Waals surface area contributed by atoms with E-state index in [-0.39, 0.29) is 16.5 Å². The monoisotopic (exact) mass is 466 g/mol. The molecule has 0 saturated heterocycles. The van der Waals surface area contributed by atoms with E-state index in [9.17, 15) is 13.2 Å². The Morgan fingerprint density at radius 1 is 1.00 bits per heavy atom. The van der Waals surface area contributed by atoms with Crippen LogP contribution < -0.4 is 19.5 Å². The van der Waals surface area contributed by atoms with Gasteiger partial charge in [-0.2, -0.15) is 0 Å². The van der Waals surface area contributed by atoms with Crippen molar-refractivity contribution in [2.75, 3.05) is 11.9 Å². The van der Waals surface area contributed by atoms with Gasteiger partial charge in [-0.25, -0.2) is 13.1 Å². The molecule has 0 radical (unpaired) electrons. The molecule has 1 amide bonds. The van der Waals surface area contributed by atoms with Gasteiger partial charge in [-0.05, 0) is 80.8 Å². The molecule has 33 heavy (non-hydrogen) atoms. The number of rotatable bonds is 9. The van der Waals surface area contributed by atoms with Gasteiger partial charge in [-0.1, -0.05) is 18.2 Å². The molecule has 0 bridgehead atoms. The molecule has 1 aliphatic rings. The van der Waals surface area contributed by atoms with E-state index in [0.29, 0.717) is 29.4 Å². The quantitative estimate of drug-likeness (QED) is 0.469. The highest BCUT2D eigenvalue weighted by molar-refractivity contribution is 7.89. The maximum Gasteiger partial charge on any atom is 0.256 e. The Labute approximate surface area is 193 Å². The summed E-state index contributed by atoms with van der Waals surface area (Å²) in [7, 11) is -3.66. The number of carbonyl (C=O) groups is 1. The number of carbonyl (C=O) groups excluding carboxylic acids is 1. The van der Waals surface area contributed by atoms with Crippen molar-refractivity contribution in [1.82, 2.24) is 4.72 Å². The van der Waals surface area contributed by atoms with Crippen LogP contribution in [0, 0.1) is 6.92 Å². The van der Waals surface area contributed by atoms with E-state index in [4.69, 9.17) is 9.47 Å². The number of sulfonamides is 1. The first-order chi connectivity index (χ1) is 15.9. The van der Waals surface area contributed by atoms with Crippen molar-refractivity contribution in [1.29, 1.82) is 0 Å². The molecule has 4 rings (SSSR count). The van der Waals surface area contributed by atoms with E-state index in [2.05, 4.69) is 10.0 Å². The third kappa shape index (κ3) is 5.71. The van der Waals surface area contributed by atoms with E-state index < -0.39 is 15.9 Å². The van der Waals surface area contributed by atoms with Crippen LogP contribution in [0.15, 0.2) is 71.6 Å². The Morgan fingerprint density at radius 2 is 1.70 bits per heavy atom. The van der Waals surface area contributed by atoms with Crippen molar-refractivity contribution in [3.05, 3.63) is 77.9 Å². The molecular formula is C25H26N2O5S. The van der Waals surface area contributed by atoms with E-state index in [1.807, 2.05) is 25.1 Å². The first-order valence-electron chi connectivity index (χ1n) is 10.8. The van der Waals surface area contributed by atoms with Crippen molar-refractivity contribution in [3.63, 3.8) is 0 Å². The summed E-state index contributed by atoms with van der Waals surface area (Å²) in [5, 5.41) is 2.85. The summed E-state index contributed by atoms with van der Waals surface area (Å²) in [5.74, 6) is 1.38. The zero-order chi connectivity index (χ0) is 23.4. The molecule has 1 saturated carbocycles. The Bertz CT molecular complexity index is 1250. The summed E-state index contributed by atoms with van der Waals surface area (Å²) in [6.45, 7) is 4.26. The predicted molar refractivity (Wildman–Crippen MR) is 127 cm³/mol. The molecule has 8 heteroatoms. The van der Waals surface area contributed by atoms with E-state index in [0.717, 1.165) is 18.6 Å². The van der Waals surface area contributed by atoms with Crippen LogP contribution in [0.5, 0.6) is 17.2 Å². The summed E-state index contributed by atoms with van der Waals surface area (Å²) >= 11 is 0. The summed E-state index contributed by atoms with van der Waals surface area (Å²) in [4.78, 5) is 13.1. The Kier molecular flexibility index (Phi) is 6.67. The molecule has 0 heterocycles. The number of benzene rings is 3. The number of hydrogen-bond donors (Lipinski definition) is 2. The highest BCUT2D eigenvalue weighted by Crippen LogP contribution is 2.31. The molecule has 3 aromatic rings. The van der Waals surface area contributed by atoms with Crippen molar-refractivity contribution in [2.45, 2.75) is 37.6 Å². The van der Waals surface area contributed by atoms with E-state index in [1.54, 1.807) is 43.3 Å². The van der Waals surface area contributed by atoms with Crippen molar-refractivity contribution < 1.29 is 22.7 Å². The minimum atomic E-state index is -3.66. The van der Waals surface area contributed by atoms with Crippen LogP contribution in [0.2, 0.25) is 0 Å². The fourth-order valence-corrected chi connectivity index (χ4v) is 4.58. The number of amides is 1. The van der Waals surface area contributed by atoms with Crippen molar-refractivity contribution in [2.24, 2.45) is 0 Å². The summed E-state index contributed by atoms with van der Waals surface area (Å²) in [6.07, 6.45) is 1.67. The average molecular weight is 467 g/mol. The molecule has 1 aliphatic carbocycles. The molecular weight excluding hydrogens is 440 g/mol. The number of nitrogens with one attached hydrogen (secondary N) is 2. The minimum Gasteiger partial charge on any atom is -0.494 e. The fourth-order valence-electron chi connectivity index (χ4n) is 3.25. The van der Waals surface area contributed by atoms with Gasteiger partial charge < -0.3 is 14.8 Å². The number of para-hydroxylation sites is 2. The van der Waals surface area contributed by atoms with Crippen LogP contribution in [0.4, 0.5) is 5.69 Å². The zero-order valence-corrected chi connectivity index (χ0v) is 19.3. The fraction of sp³-hybridized carbons (Fsp3) is 0.240. The van der Waals surface area contributed by atoms with Gasteiger partial charge in [0.15, 0.2) is 5.75 Å². The Hall–Kier alpha value is -3.36. The van der Waals surface area contributed by atoms with Gasteiger partial charge in [0.2, 0.25) is 10.0 Å². The molecule has 0 unspecified atom stereocenters. The lowest BCUT2D eigenvalue weighted by molar-refractivity contribution is 0.102. The molecule has 3 aromatic carbocycles. The lowest BCUT2D eigenvalue weighted by Crippen LogP contribution is -2.26. The van der Waals surface area contributed by atoms with Crippen LogP contribution in [0.25, 0.3) is 0 Å². The summed E-state index contributed by atoms with van der Waals surface area (Å²) in [6, 6.07) is 18.8. The van der Waals surface area contributed by atoms with Crippen molar-refractivity contribution in [3.8, 4) is 17.2 Å². The SMILES string of the molecule is CCOc1ccc(Oc2ccccc2NC(=O)c2cc(S(=O)(=O)NC3CC3)ccc2C)cc1. The second-order valence-corrected chi connectivity index (χ2v) is 9.54. The smallest absolute Gasteiger partial charge is 0.256 e. The van der Waals surface area contributed by atoms with Gasteiger partial charge in [0, 0.05) is 11.6 Å². The first-order valence-corrected chi connectivity index (χ1v) is 12.3. The summed E-state index contributed by atoms with van der Waals surface area (Å²) < 4.78 is 39.2. The lowest BCUT2D eigenvalue weighted by atomic mass is 10.1. The zero-order valence-electron chi connectivity index (χ0n) is 18.5. The largest absolute Gasteiger partial charge is 0.494 e. The van der Waals surface area contributed by atoms with E-state index >= 15 is 0 Å². The Morgan fingerprint density at radius 3 is 2.39 bits per heavy atom. The Balaban J connectivity index is 1.54. The molecule has 0 spiro atoms. The number of anilines is 1. The first kappa shape index (κ1) is 22.8. The van der Waals surface area contributed by atoms with Crippen LogP contribution in [-0.4, -0.2) is 27.0 Å². The number of aryl methyl sites for hydroxylation is 1. The van der Waals surface area contributed by atoms with Gasteiger partial charge in [0.1, 0.15) is 11.5 Å². The van der Waals surface area contributed by atoms with Crippen LogP contribution >= 0.6 is 0 Å². The third-order valence-electron chi connectivity index (χ3n) is 5.16. The molecule has 7 nitrogen and oxygen atoms in total.